The zero-order valence-electron chi connectivity index (χ0n) is 8.81. The molecule has 2 aromatic carbocycles. The van der Waals surface area contributed by atoms with E-state index in [-0.39, 0.29) is 0 Å². The summed E-state index contributed by atoms with van der Waals surface area (Å²) in [6.45, 7) is 0. The predicted molar refractivity (Wildman–Crippen MR) is 62.2 cm³/mol. The number of hydrogen-bond acceptors (Lipinski definition) is 1. The summed E-state index contributed by atoms with van der Waals surface area (Å²) < 4.78 is 5.32. The van der Waals surface area contributed by atoms with Crippen molar-refractivity contribution in [3.05, 3.63) is 65.7 Å². The van der Waals surface area contributed by atoms with Gasteiger partial charge in [0, 0.05) is 6.42 Å². The quantitative estimate of drug-likeness (QED) is 0.735. The van der Waals surface area contributed by atoms with Gasteiger partial charge >= 0.3 is 0 Å². The molecule has 2 rings (SSSR count). The molecule has 0 aromatic heterocycles. The summed E-state index contributed by atoms with van der Waals surface area (Å²) in [5.41, 5.74) is 2.54. The lowest BCUT2D eigenvalue weighted by atomic mass is 10.0. The molecule has 0 saturated heterocycles. The predicted octanol–water partition coefficient (Wildman–Crippen LogP) is 3.29. The second-order valence-electron chi connectivity index (χ2n) is 3.47. The molecule has 1 nitrogen and oxygen atoms in total. The summed E-state index contributed by atoms with van der Waals surface area (Å²) >= 11 is 0. The minimum Gasteiger partial charge on any atom is -0.496 e. The van der Waals surface area contributed by atoms with E-state index in [0.717, 1.165) is 12.2 Å². The third kappa shape index (κ3) is 2.38. The Balaban J connectivity index is 2.24. The van der Waals surface area contributed by atoms with Gasteiger partial charge in [0.15, 0.2) is 0 Å². The van der Waals surface area contributed by atoms with Crippen molar-refractivity contribution in [2.75, 3.05) is 7.11 Å². The Kier molecular flexibility index (Phi) is 3.03. The van der Waals surface area contributed by atoms with Crippen molar-refractivity contribution in [1.82, 2.24) is 0 Å². The Labute approximate surface area is 90.3 Å². The van der Waals surface area contributed by atoms with E-state index in [2.05, 4.69) is 30.3 Å². The average Bonchev–Trinajstić information content (AvgIpc) is 2.31. The van der Waals surface area contributed by atoms with Crippen LogP contribution in [-0.2, 0) is 6.42 Å². The van der Waals surface area contributed by atoms with E-state index in [4.69, 9.17) is 4.74 Å². The van der Waals surface area contributed by atoms with E-state index in [1.54, 1.807) is 7.11 Å². The molecule has 0 unspecified atom stereocenters. The van der Waals surface area contributed by atoms with Gasteiger partial charge < -0.3 is 4.74 Å². The first kappa shape index (κ1) is 9.78. The van der Waals surface area contributed by atoms with Gasteiger partial charge in [-0.2, -0.15) is 0 Å². The van der Waals surface area contributed by atoms with Crippen LogP contribution in [0.1, 0.15) is 11.1 Å². The maximum atomic E-state index is 5.32. The van der Waals surface area contributed by atoms with Gasteiger partial charge in [0.1, 0.15) is 5.75 Å². The molecular weight excluding hydrogens is 184 g/mol. The third-order valence-corrected chi connectivity index (χ3v) is 2.43. The standard InChI is InChI=1S/C14H14O/c1-15-14-10-6-5-9-13(14)11-12-7-3-2-4-8-12/h2-10H,11H2,1H3. The van der Waals surface area contributed by atoms with Gasteiger partial charge in [0.2, 0.25) is 0 Å². The normalized spacial score (nSPS) is 9.93. The SMILES string of the molecule is COc1ccccc1Cc1ccccc1. The van der Waals surface area contributed by atoms with Gasteiger partial charge in [-0.1, -0.05) is 48.5 Å². The summed E-state index contributed by atoms with van der Waals surface area (Å²) in [4.78, 5) is 0. The van der Waals surface area contributed by atoms with Gasteiger partial charge in [-0.15, -0.1) is 0 Å². The van der Waals surface area contributed by atoms with Crippen molar-refractivity contribution in [3.63, 3.8) is 0 Å². The number of ether oxygens (including phenoxy) is 1. The molecule has 1 heteroatoms. The fourth-order valence-corrected chi connectivity index (χ4v) is 1.66. The van der Waals surface area contributed by atoms with Crippen molar-refractivity contribution in [1.29, 1.82) is 0 Å². The first-order chi connectivity index (χ1) is 7.40. The lowest BCUT2D eigenvalue weighted by Crippen LogP contribution is -1.92. The molecule has 76 valence electrons. The molecule has 15 heavy (non-hydrogen) atoms. The van der Waals surface area contributed by atoms with Gasteiger partial charge in [-0.25, -0.2) is 0 Å². The second kappa shape index (κ2) is 4.65. The highest BCUT2D eigenvalue weighted by Crippen LogP contribution is 2.20. The van der Waals surface area contributed by atoms with Crippen molar-refractivity contribution in [3.8, 4) is 5.75 Å². The van der Waals surface area contributed by atoms with Crippen LogP contribution in [0.25, 0.3) is 0 Å². The molecule has 0 radical (unpaired) electrons. The summed E-state index contributed by atoms with van der Waals surface area (Å²) in [5, 5.41) is 0. The lowest BCUT2D eigenvalue weighted by Gasteiger charge is -2.07. The zero-order chi connectivity index (χ0) is 10.5. The van der Waals surface area contributed by atoms with E-state index in [1.807, 2.05) is 24.3 Å². The third-order valence-electron chi connectivity index (χ3n) is 2.43. The molecule has 0 fully saturated rings. The van der Waals surface area contributed by atoms with Gasteiger partial charge in [0.25, 0.3) is 0 Å². The number of methoxy groups -OCH3 is 1. The first-order valence-electron chi connectivity index (χ1n) is 5.06. The monoisotopic (exact) mass is 198 g/mol. The minimum atomic E-state index is 0.921. The molecule has 0 aliphatic heterocycles. The van der Waals surface area contributed by atoms with E-state index in [0.29, 0.717) is 0 Å². The van der Waals surface area contributed by atoms with Crippen LogP contribution in [0, 0.1) is 0 Å². The topological polar surface area (TPSA) is 9.23 Å². The van der Waals surface area contributed by atoms with Crippen LogP contribution in [0.5, 0.6) is 5.75 Å². The molecule has 0 spiro atoms. The van der Waals surface area contributed by atoms with E-state index in [9.17, 15) is 0 Å². The molecule has 0 saturated carbocycles. The fraction of sp³-hybridized carbons (Fsp3) is 0.143. The van der Waals surface area contributed by atoms with E-state index in [1.165, 1.54) is 11.1 Å². The van der Waals surface area contributed by atoms with Crippen molar-refractivity contribution >= 4 is 0 Å². The van der Waals surface area contributed by atoms with Crippen LogP contribution in [0.4, 0.5) is 0 Å². The Morgan fingerprint density at radius 1 is 0.867 bits per heavy atom. The molecule has 0 amide bonds. The zero-order valence-corrected chi connectivity index (χ0v) is 8.81. The molecule has 0 N–H and O–H groups in total. The Morgan fingerprint density at radius 2 is 1.53 bits per heavy atom. The smallest absolute Gasteiger partial charge is 0.122 e. The molecular formula is C14H14O. The maximum Gasteiger partial charge on any atom is 0.122 e. The summed E-state index contributed by atoms with van der Waals surface area (Å²) in [6.07, 6.45) is 0.921. The Morgan fingerprint density at radius 3 is 2.27 bits per heavy atom. The van der Waals surface area contributed by atoms with E-state index >= 15 is 0 Å². The van der Waals surface area contributed by atoms with Crippen LogP contribution in [-0.4, -0.2) is 7.11 Å². The van der Waals surface area contributed by atoms with Crippen LogP contribution >= 0.6 is 0 Å². The van der Waals surface area contributed by atoms with Crippen molar-refractivity contribution < 1.29 is 4.74 Å². The van der Waals surface area contributed by atoms with Crippen LogP contribution in [0.3, 0.4) is 0 Å². The highest BCUT2D eigenvalue weighted by atomic mass is 16.5. The highest BCUT2D eigenvalue weighted by Gasteiger charge is 2.01. The molecule has 2 aromatic rings. The lowest BCUT2D eigenvalue weighted by molar-refractivity contribution is 0.410. The van der Waals surface area contributed by atoms with Crippen molar-refractivity contribution in [2.24, 2.45) is 0 Å². The Bertz CT molecular complexity index is 420. The molecule has 0 bridgehead atoms. The van der Waals surface area contributed by atoms with Gasteiger partial charge in [0.05, 0.1) is 7.11 Å². The van der Waals surface area contributed by atoms with Crippen LogP contribution in [0.2, 0.25) is 0 Å². The van der Waals surface area contributed by atoms with Crippen LogP contribution < -0.4 is 4.74 Å². The number of benzene rings is 2. The highest BCUT2D eigenvalue weighted by molar-refractivity contribution is 5.37. The second-order valence-corrected chi connectivity index (χ2v) is 3.47. The maximum absolute atomic E-state index is 5.32. The fourth-order valence-electron chi connectivity index (χ4n) is 1.66. The van der Waals surface area contributed by atoms with Gasteiger partial charge in [-0.05, 0) is 17.2 Å². The van der Waals surface area contributed by atoms with Crippen LogP contribution in [0.15, 0.2) is 54.6 Å². The molecule has 0 atom stereocenters. The van der Waals surface area contributed by atoms with E-state index < -0.39 is 0 Å². The number of para-hydroxylation sites is 1. The summed E-state index contributed by atoms with van der Waals surface area (Å²) in [6, 6.07) is 18.6. The van der Waals surface area contributed by atoms with Gasteiger partial charge in [-0.3, -0.25) is 0 Å². The summed E-state index contributed by atoms with van der Waals surface area (Å²) in [7, 11) is 1.71. The average molecular weight is 198 g/mol. The summed E-state index contributed by atoms with van der Waals surface area (Å²) in [5.74, 6) is 0.960. The minimum absolute atomic E-state index is 0.921. The largest absolute Gasteiger partial charge is 0.496 e. The number of hydrogen-bond donors (Lipinski definition) is 0. The Hall–Kier alpha value is -1.76. The number of rotatable bonds is 3. The molecule has 0 heterocycles. The molecule has 0 aliphatic rings. The first-order valence-corrected chi connectivity index (χ1v) is 5.06. The van der Waals surface area contributed by atoms with Crippen molar-refractivity contribution in [2.45, 2.75) is 6.42 Å². The molecule has 0 aliphatic carbocycles.